The van der Waals surface area contributed by atoms with Crippen molar-refractivity contribution >= 4 is 11.9 Å². The SMILES string of the molecule is C=C(C)C(=O)OCCOC(=O)c1ccc(C#N)cc1. The fraction of sp³-hybridized carbons (Fsp3) is 0.214. The molecular formula is C14H13NO4. The average molecular weight is 259 g/mol. The zero-order valence-corrected chi connectivity index (χ0v) is 10.5. The molecule has 1 aromatic carbocycles. The molecule has 0 aliphatic carbocycles. The van der Waals surface area contributed by atoms with Crippen LogP contribution in [-0.2, 0) is 14.3 Å². The fourth-order valence-corrected chi connectivity index (χ4v) is 1.16. The molecule has 0 aliphatic rings. The van der Waals surface area contributed by atoms with E-state index < -0.39 is 11.9 Å². The summed E-state index contributed by atoms with van der Waals surface area (Å²) in [6.07, 6.45) is 0. The number of hydrogen-bond acceptors (Lipinski definition) is 5. The van der Waals surface area contributed by atoms with Gasteiger partial charge in [-0.3, -0.25) is 0 Å². The number of carbonyl (C=O) groups excluding carboxylic acids is 2. The van der Waals surface area contributed by atoms with E-state index in [9.17, 15) is 9.59 Å². The number of nitrogens with zero attached hydrogens (tertiary/aromatic N) is 1. The van der Waals surface area contributed by atoms with Crippen LogP contribution in [0.25, 0.3) is 0 Å². The third-order valence-electron chi connectivity index (χ3n) is 2.15. The molecule has 0 heterocycles. The maximum Gasteiger partial charge on any atom is 0.338 e. The van der Waals surface area contributed by atoms with Crippen molar-refractivity contribution in [3.63, 3.8) is 0 Å². The van der Waals surface area contributed by atoms with Crippen molar-refractivity contribution in [2.75, 3.05) is 13.2 Å². The Kier molecular flexibility index (Phi) is 5.30. The van der Waals surface area contributed by atoms with Gasteiger partial charge in [-0.1, -0.05) is 6.58 Å². The van der Waals surface area contributed by atoms with Gasteiger partial charge in [-0.2, -0.15) is 5.26 Å². The van der Waals surface area contributed by atoms with Crippen LogP contribution in [0.2, 0.25) is 0 Å². The number of nitriles is 1. The molecule has 0 aromatic heterocycles. The molecule has 0 saturated carbocycles. The number of rotatable bonds is 5. The second-order valence-corrected chi connectivity index (χ2v) is 3.74. The highest BCUT2D eigenvalue weighted by Crippen LogP contribution is 2.05. The molecule has 0 amide bonds. The lowest BCUT2D eigenvalue weighted by atomic mass is 10.1. The van der Waals surface area contributed by atoms with E-state index in [4.69, 9.17) is 14.7 Å². The molecule has 1 aromatic rings. The van der Waals surface area contributed by atoms with Crippen LogP contribution in [0.5, 0.6) is 0 Å². The molecule has 1 rings (SSSR count). The van der Waals surface area contributed by atoms with E-state index >= 15 is 0 Å². The lowest BCUT2D eigenvalue weighted by molar-refractivity contribution is -0.140. The van der Waals surface area contributed by atoms with Gasteiger partial charge in [0.25, 0.3) is 0 Å². The Balaban J connectivity index is 2.37. The summed E-state index contributed by atoms with van der Waals surface area (Å²) < 4.78 is 9.67. The van der Waals surface area contributed by atoms with Gasteiger partial charge in [-0.05, 0) is 31.2 Å². The minimum Gasteiger partial charge on any atom is -0.459 e. The molecule has 0 N–H and O–H groups in total. The minimum absolute atomic E-state index is 0.0201. The summed E-state index contributed by atoms with van der Waals surface area (Å²) in [6.45, 7) is 4.91. The first-order valence-corrected chi connectivity index (χ1v) is 5.54. The van der Waals surface area contributed by atoms with Gasteiger partial charge in [0, 0.05) is 5.57 Å². The Morgan fingerprint density at radius 3 is 2.32 bits per heavy atom. The van der Waals surface area contributed by atoms with Gasteiger partial charge in [0.05, 0.1) is 17.2 Å². The zero-order chi connectivity index (χ0) is 14.3. The first-order chi connectivity index (χ1) is 9.04. The van der Waals surface area contributed by atoms with Crippen molar-refractivity contribution in [3.05, 3.63) is 47.5 Å². The molecule has 0 bridgehead atoms. The van der Waals surface area contributed by atoms with E-state index in [0.29, 0.717) is 16.7 Å². The van der Waals surface area contributed by atoms with Crippen molar-refractivity contribution in [2.45, 2.75) is 6.92 Å². The largest absolute Gasteiger partial charge is 0.459 e. The quantitative estimate of drug-likeness (QED) is 0.458. The van der Waals surface area contributed by atoms with Crippen LogP contribution in [0, 0.1) is 11.3 Å². The lowest BCUT2D eigenvalue weighted by Gasteiger charge is -2.06. The summed E-state index contributed by atoms with van der Waals surface area (Å²) in [4.78, 5) is 22.6. The summed E-state index contributed by atoms with van der Waals surface area (Å²) in [5.74, 6) is -1.05. The molecule has 5 nitrogen and oxygen atoms in total. The standard InChI is InChI=1S/C14H13NO4/c1-10(2)13(16)18-7-8-19-14(17)12-5-3-11(9-15)4-6-12/h3-6H,1,7-8H2,2H3. The molecule has 0 spiro atoms. The van der Waals surface area contributed by atoms with Crippen LogP contribution in [0.4, 0.5) is 0 Å². The Labute approximate surface area is 111 Å². The molecule has 98 valence electrons. The average Bonchev–Trinajstić information content (AvgIpc) is 2.43. The highest BCUT2D eigenvalue weighted by Gasteiger charge is 2.08. The third-order valence-corrected chi connectivity index (χ3v) is 2.15. The first kappa shape index (κ1) is 14.5. The third kappa shape index (κ3) is 4.64. The maximum atomic E-state index is 11.6. The maximum absolute atomic E-state index is 11.6. The second kappa shape index (κ2) is 6.97. The number of esters is 2. The van der Waals surface area contributed by atoms with E-state index in [1.807, 2.05) is 6.07 Å². The van der Waals surface area contributed by atoms with Crippen LogP contribution in [-0.4, -0.2) is 25.2 Å². The van der Waals surface area contributed by atoms with E-state index in [1.165, 1.54) is 31.2 Å². The topological polar surface area (TPSA) is 76.4 Å². The first-order valence-electron chi connectivity index (χ1n) is 5.54. The molecule has 0 atom stereocenters. The van der Waals surface area contributed by atoms with E-state index in [2.05, 4.69) is 6.58 Å². The fourth-order valence-electron chi connectivity index (χ4n) is 1.16. The van der Waals surface area contributed by atoms with Gasteiger partial charge in [0.2, 0.25) is 0 Å². The molecule has 19 heavy (non-hydrogen) atoms. The Morgan fingerprint density at radius 1 is 1.21 bits per heavy atom. The predicted molar refractivity (Wildman–Crippen MR) is 67.2 cm³/mol. The van der Waals surface area contributed by atoms with Gasteiger partial charge in [0.1, 0.15) is 13.2 Å². The van der Waals surface area contributed by atoms with Crippen molar-refractivity contribution in [2.24, 2.45) is 0 Å². The van der Waals surface area contributed by atoms with Gasteiger partial charge in [0.15, 0.2) is 0 Å². The molecule has 0 radical (unpaired) electrons. The van der Waals surface area contributed by atoms with Crippen LogP contribution in [0.3, 0.4) is 0 Å². The Bertz CT molecular complexity index is 525. The molecule has 5 heteroatoms. The summed E-state index contributed by atoms with van der Waals surface area (Å²) in [5.41, 5.74) is 1.09. The smallest absolute Gasteiger partial charge is 0.338 e. The van der Waals surface area contributed by atoms with E-state index in [-0.39, 0.29) is 13.2 Å². The van der Waals surface area contributed by atoms with E-state index in [0.717, 1.165) is 0 Å². The molecule has 0 unspecified atom stereocenters. The number of carbonyl (C=O) groups is 2. The zero-order valence-electron chi connectivity index (χ0n) is 10.5. The lowest BCUT2D eigenvalue weighted by Crippen LogP contribution is -2.14. The number of hydrogen-bond donors (Lipinski definition) is 0. The van der Waals surface area contributed by atoms with Crippen molar-refractivity contribution in [3.8, 4) is 6.07 Å². The summed E-state index contributed by atoms with van der Waals surface area (Å²) in [5, 5.41) is 8.62. The Morgan fingerprint density at radius 2 is 1.79 bits per heavy atom. The highest BCUT2D eigenvalue weighted by molar-refractivity contribution is 5.89. The second-order valence-electron chi connectivity index (χ2n) is 3.74. The van der Waals surface area contributed by atoms with Crippen molar-refractivity contribution < 1.29 is 19.1 Å². The van der Waals surface area contributed by atoms with Crippen LogP contribution >= 0.6 is 0 Å². The van der Waals surface area contributed by atoms with Crippen molar-refractivity contribution in [1.29, 1.82) is 5.26 Å². The molecule has 0 saturated heterocycles. The van der Waals surface area contributed by atoms with Crippen molar-refractivity contribution in [1.82, 2.24) is 0 Å². The van der Waals surface area contributed by atoms with Gasteiger partial charge < -0.3 is 9.47 Å². The normalized spacial score (nSPS) is 9.26. The molecular weight excluding hydrogens is 246 g/mol. The predicted octanol–water partition coefficient (Wildman–Crippen LogP) is 1.83. The Hall–Kier alpha value is -2.61. The van der Waals surface area contributed by atoms with Gasteiger partial charge >= 0.3 is 11.9 Å². The molecule has 0 aliphatic heterocycles. The highest BCUT2D eigenvalue weighted by atomic mass is 16.6. The number of ether oxygens (including phenoxy) is 2. The van der Waals surface area contributed by atoms with E-state index in [1.54, 1.807) is 0 Å². The van der Waals surface area contributed by atoms with Crippen LogP contribution < -0.4 is 0 Å². The van der Waals surface area contributed by atoms with Gasteiger partial charge in [-0.25, -0.2) is 9.59 Å². The van der Waals surface area contributed by atoms with Gasteiger partial charge in [-0.15, -0.1) is 0 Å². The number of benzene rings is 1. The van der Waals surface area contributed by atoms with Crippen LogP contribution in [0.15, 0.2) is 36.4 Å². The monoisotopic (exact) mass is 259 g/mol. The van der Waals surface area contributed by atoms with Crippen LogP contribution in [0.1, 0.15) is 22.8 Å². The summed E-state index contributed by atoms with van der Waals surface area (Å²) >= 11 is 0. The molecule has 0 fully saturated rings. The minimum atomic E-state index is -0.532. The summed E-state index contributed by atoms with van der Waals surface area (Å²) in [6, 6.07) is 8.00. The summed E-state index contributed by atoms with van der Waals surface area (Å²) in [7, 11) is 0.